The van der Waals surface area contributed by atoms with Gasteiger partial charge in [0.2, 0.25) is 0 Å². The normalized spacial score (nSPS) is 11.9. The van der Waals surface area contributed by atoms with Crippen molar-refractivity contribution in [2.75, 3.05) is 0 Å². The first kappa shape index (κ1) is 11.5. The molecule has 1 rings (SSSR count). The van der Waals surface area contributed by atoms with Crippen LogP contribution in [0.4, 0.5) is 0 Å². The zero-order valence-corrected chi connectivity index (χ0v) is 9.32. The van der Waals surface area contributed by atoms with Crippen molar-refractivity contribution in [2.45, 2.75) is 26.7 Å². The third kappa shape index (κ3) is 3.24. The molecule has 2 nitrogen and oxygen atoms in total. The Kier molecular flexibility index (Phi) is 3.67. The van der Waals surface area contributed by atoms with Crippen LogP contribution < -0.4 is 0 Å². The van der Waals surface area contributed by atoms with E-state index >= 15 is 0 Å². The highest BCUT2D eigenvalue weighted by Gasteiger charge is 2.01. The molecule has 0 amide bonds. The van der Waals surface area contributed by atoms with Crippen molar-refractivity contribution in [1.82, 2.24) is 0 Å². The van der Waals surface area contributed by atoms with Gasteiger partial charge in [-0.2, -0.15) is 0 Å². The second kappa shape index (κ2) is 4.78. The van der Waals surface area contributed by atoms with Gasteiger partial charge in [0.1, 0.15) is 0 Å². The monoisotopic (exact) mass is 204 g/mol. The number of carbonyl (C=O) groups is 1. The lowest BCUT2D eigenvalue weighted by Gasteiger charge is -2.04. The maximum atomic E-state index is 10.6. The molecule has 1 N–H and O–H groups in total. The molecule has 1 aromatic rings. The van der Waals surface area contributed by atoms with Crippen LogP contribution in [0, 0.1) is 0 Å². The van der Waals surface area contributed by atoms with Crippen molar-refractivity contribution in [1.29, 1.82) is 0 Å². The van der Waals surface area contributed by atoms with Crippen LogP contribution in [0.3, 0.4) is 0 Å². The molecule has 80 valence electrons. The fourth-order valence-electron chi connectivity index (χ4n) is 1.29. The summed E-state index contributed by atoms with van der Waals surface area (Å²) >= 11 is 0. The van der Waals surface area contributed by atoms with Crippen molar-refractivity contribution in [3.63, 3.8) is 0 Å². The second-order valence-electron chi connectivity index (χ2n) is 3.95. The van der Waals surface area contributed by atoms with Crippen molar-refractivity contribution >= 4 is 12.0 Å². The fraction of sp³-hybridized carbons (Fsp3) is 0.308. The topological polar surface area (TPSA) is 37.3 Å². The summed E-state index contributed by atoms with van der Waals surface area (Å²) in [5.74, 6) is -0.369. The summed E-state index contributed by atoms with van der Waals surface area (Å²) in [5.41, 5.74) is 2.55. The molecule has 0 saturated carbocycles. The van der Waals surface area contributed by atoms with Crippen molar-refractivity contribution < 1.29 is 9.90 Å². The maximum Gasteiger partial charge on any atom is 0.331 e. The number of carboxylic acid groups (broad SMARTS) is 1. The molecule has 0 saturated heterocycles. The van der Waals surface area contributed by atoms with Gasteiger partial charge in [-0.05, 0) is 30.0 Å². The van der Waals surface area contributed by atoms with Crippen molar-refractivity contribution in [3.05, 3.63) is 41.0 Å². The van der Waals surface area contributed by atoms with E-state index in [2.05, 4.69) is 13.8 Å². The van der Waals surface area contributed by atoms with E-state index in [9.17, 15) is 4.79 Å². The molecule has 0 aliphatic heterocycles. The molecule has 0 fully saturated rings. The first-order chi connectivity index (χ1) is 7.00. The van der Waals surface area contributed by atoms with Crippen molar-refractivity contribution in [3.8, 4) is 0 Å². The van der Waals surface area contributed by atoms with E-state index in [1.807, 2.05) is 24.3 Å². The van der Waals surface area contributed by atoms with Crippen LogP contribution >= 0.6 is 0 Å². The molecule has 0 atom stereocenters. The lowest BCUT2D eigenvalue weighted by atomic mass is 10.0. The number of hydrogen-bond donors (Lipinski definition) is 1. The number of rotatable bonds is 3. The minimum atomic E-state index is -0.872. The summed E-state index contributed by atoms with van der Waals surface area (Å²) < 4.78 is 0. The van der Waals surface area contributed by atoms with E-state index in [-0.39, 0.29) is 0 Å². The van der Waals surface area contributed by atoms with Crippen molar-refractivity contribution in [2.24, 2.45) is 0 Å². The van der Waals surface area contributed by atoms with Crippen LogP contribution in [0.2, 0.25) is 0 Å². The first-order valence-corrected chi connectivity index (χ1v) is 5.02. The number of hydrogen-bond acceptors (Lipinski definition) is 1. The molecule has 0 aliphatic carbocycles. The first-order valence-electron chi connectivity index (χ1n) is 5.02. The Morgan fingerprint density at radius 1 is 1.27 bits per heavy atom. The van der Waals surface area contributed by atoms with Gasteiger partial charge in [0, 0.05) is 5.57 Å². The number of aliphatic carboxylic acids is 1. The number of carboxylic acids is 1. The van der Waals surface area contributed by atoms with Crippen LogP contribution in [0.15, 0.2) is 29.8 Å². The zero-order chi connectivity index (χ0) is 11.4. The summed E-state index contributed by atoms with van der Waals surface area (Å²) in [6.07, 6.45) is 1.67. The fourth-order valence-corrected chi connectivity index (χ4v) is 1.29. The highest BCUT2D eigenvalue weighted by atomic mass is 16.4. The Morgan fingerprint density at radius 2 is 1.80 bits per heavy atom. The standard InChI is InChI=1S/C13H16O2/c1-9(2)12-6-4-11(5-7-12)8-10(3)13(14)15/h4-9H,1-3H3,(H,14,15)/b10-8+. The summed E-state index contributed by atoms with van der Waals surface area (Å²) in [5, 5.41) is 8.72. The molecule has 2 heteroatoms. The van der Waals surface area contributed by atoms with Gasteiger partial charge in [-0.3, -0.25) is 0 Å². The minimum Gasteiger partial charge on any atom is -0.478 e. The summed E-state index contributed by atoms with van der Waals surface area (Å²) in [7, 11) is 0. The van der Waals surface area contributed by atoms with Crippen LogP contribution in [-0.2, 0) is 4.79 Å². The third-order valence-electron chi connectivity index (χ3n) is 2.32. The van der Waals surface area contributed by atoms with Crippen LogP contribution in [-0.4, -0.2) is 11.1 Å². The molecular formula is C13H16O2. The molecule has 1 aromatic carbocycles. The zero-order valence-electron chi connectivity index (χ0n) is 9.32. The average molecular weight is 204 g/mol. The summed E-state index contributed by atoms with van der Waals surface area (Å²) in [4.78, 5) is 10.6. The lowest BCUT2D eigenvalue weighted by Crippen LogP contribution is -1.95. The van der Waals surface area contributed by atoms with Gasteiger partial charge >= 0.3 is 5.97 Å². The van der Waals surface area contributed by atoms with Crippen LogP contribution in [0.5, 0.6) is 0 Å². The molecule has 0 radical (unpaired) electrons. The second-order valence-corrected chi connectivity index (χ2v) is 3.95. The molecule has 0 aliphatic rings. The Bertz CT molecular complexity index is 372. The van der Waals surface area contributed by atoms with Gasteiger partial charge in [0.05, 0.1) is 0 Å². The van der Waals surface area contributed by atoms with E-state index in [1.165, 1.54) is 5.56 Å². The Hall–Kier alpha value is -1.57. The highest BCUT2D eigenvalue weighted by Crippen LogP contribution is 2.16. The molecule has 15 heavy (non-hydrogen) atoms. The predicted octanol–water partition coefficient (Wildman–Crippen LogP) is 3.30. The molecular weight excluding hydrogens is 188 g/mol. The summed E-state index contributed by atoms with van der Waals surface area (Å²) in [6.45, 7) is 5.86. The van der Waals surface area contributed by atoms with Gasteiger partial charge in [-0.1, -0.05) is 38.1 Å². The molecule has 0 aromatic heterocycles. The van der Waals surface area contributed by atoms with Gasteiger partial charge < -0.3 is 5.11 Å². The molecule has 0 bridgehead atoms. The van der Waals surface area contributed by atoms with Gasteiger partial charge in [-0.25, -0.2) is 4.79 Å². The van der Waals surface area contributed by atoms with Gasteiger partial charge in [-0.15, -0.1) is 0 Å². The number of benzene rings is 1. The van der Waals surface area contributed by atoms with E-state index in [4.69, 9.17) is 5.11 Å². The Morgan fingerprint density at radius 3 is 2.20 bits per heavy atom. The maximum absolute atomic E-state index is 10.6. The SMILES string of the molecule is C/C(=C\c1ccc(C(C)C)cc1)C(=O)O. The largest absolute Gasteiger partial charge is 0.478 e. The third-order valence-corrected chi connectivity index (χ3v) is 2.32. The minimum absolute atomic E-state index is 0.354. The van der Waals surface area contributed by atoms with Gasteiger partial charge in [0.25, 0.3) is 0 Å². The van der Waals surface area contributed by atoms with E-state index in [0.29, 0.717) is 11.5 Å². The molecule has 0 spiro atoms. The lowest BCUT2D eigenvalue weighted by molar-refractivity contribution is -0.132. The van der Waals surface area contributed by atoms with E-state index < -0.39 is 5.97 Å². The van der Waals surface area contributed by atoms with Crippen LogP contribution in [0.25, 0.3) is 6.08 Å². The highest BCUT2D eigenvalue weighted by molar-refractivity contribution is 5.91. The Labute approximate surface area is 90.3 Å². The quantitative estimate of drug-likeness (QED) is 0.767. The molecule has 0 heterocycles. The predicted molar refractivity (Wildman–Crippen MR) is 61.8 cm³/mol. The smallest absolute Gasteiger partial charge is 0.331 e. The van der Waals surface area contributed by atoms with Gasteiger partial charge in [0.15, 0.2) is 0 Å². The van der Waals surface area contributed by atoms with E-state index in [1.54, 1.807) is 13.0 Å². The summed E-state index contributed by atoms with van der Waals surface area (Å²) in [6, 6.07) is 7.96. The molecule has 0 unspecified atom stereocenters. The average Bonchev–Trinajstić information content (AvgIpc) is 2.18. The van der Waals surface area contributed by atoms with E-state index in [0.717, 1.165) is 5.56 Å². The Balaban J connectivity index is 2.90. The van der Waals surface area contributed by atoms with Crippen LogP contribution in [0.1, 0.15) is 37.8 Å².